The molecule has 0 saturated carbocycles. The summed E-state index contributed by atoms with van der Waals surface area (Å²) in [6.07, 6.45) is 0.797. The first-order chi connectivity index (χ1) is 16.5. The second-order valence-corrected chi connectivity index (χ2v) is 8.17. The first kappa shape index (κ1) is 23.3. The zero-order valence-corrected chi connectivity index (χ0v) is 19.4. The van der Waals surface area contributed by atoms with Crippen molar-refractivity contribution in [2.24, 2.45) is 0 Å². The van der Waals surface area contributed by atoms with Gasteiger partial charge in [0, 0.05) is 18.7 Å². The molecule has 0 aliphatic carbocycles. The maximum absolute atomic E-state index is 12.9. The highest BCUT2D eigenvalue weighted by Gasteiger charge is 2.17. The van der Waals surface area contributed by atoms with E-state index in [2.05, 4.69) is 37.5 Å². The van der Waals surface area contributed by atoms with Gasteiger partial charge in [-0.1, -0.05) is 48.5 Å². The van der Waals surface area contributed by atoms with Crippen LogP contribution in [0.15, 0.2) is 59.4 Å². The Morgan fingerprint density at radius 1 is 1.12 bits per heavy atom. The Balaban J connectivity index is 1.58. The zero-order valence-electron chi connectivity index (χ0n) is 19.4. The lowest BCUT2D eigenvalue weighted by atomic mass is 10.1. The molecule has 2 aromatic carbocycles. The minimum atomic E-state index is -0.395. The van der Waals surface area contributed by atoms with Crippen LogP contribution < -0.4 is 5.56 Å². The third-order valence-electron chi connectivity index (χ3n) is 5.67. The molecular weight excluding hydrogens is 432 g/mol. The normalized spacial score (nSPS) is 11.3. The molecule has 4 aromatic rings. The number of H-pyrrole nitrogens is 1. The van der Waals surface area contributed by atoms with Gasteiger partial charge in [-0.3, -0.25) is 14.5 Å². The number of nitrogens with zero attached hydrogens (tertiary/aromatic N) is 5. The molecule has 176 valence electrons. The van der Waals surface area contributed by atoms with Crippen LogP contribution in [-0.4, -0.2) is 49.2 Å². The molecule has 9 nitrogen and oxygen atoms in total. The van der Waals surface area contributed by atoms with Crippen molar-refractivity contribution in [1.29, 1.82) is 0 Å². The number of carbonyl (C=O) groups excluding carboxylic acids is 1. The van der Waals surface area contributed by atoms with E-state index in [1.54, 1.807) is 6.92 Å². The van der Waals surface area contributed by atoms with Crippen LogP contribution >= 0.6 is 0 Å². The van der Waals surface area contributed by atoms with Gasteiger partial charge in [-0.2, -0.15) is 0 Å². The summed E-state index contributed by atoms with van der Waals surface area (Å²) in [5.41, 5.74) is 3.63. The van der Waals surface area contributed by atoms with Crippen molar-refractivity contribution >= 4 is 16.9 Å². The summed E-state index contributed by atoms with van der Waals surface area (Å²) in [5.74, 6) is 0.141. The van der Waals surface area contributed by atoms with Crippen LogP contribution in [-0.2, 0) is 35.6 Å². The fraction of sp³-hybridized carbons (Fsp3) is 0.320. The molecule has 4 rings (SSSR count). The molecule has 2 aromatic heterocycles. The lowest BCUT2D eigenvalue weighted by molar-refractivity contribution is -0.144. The molecule has 0 aliphatic heterocycles. The van der Waals surface area contributed by atoms with E-state index >= 15 is 0 Å². The average molecular weight is 461 g/mol. The fourth-order valence-corrected chi connectivity index (χ4v) is 3.92. The number of benzene rings is 2. The van der Waals surface area contributed by atoms with Crippen LogP contribution in [0.3, 0.4) is 0 Å². The SMILES string of the molecule is CCOC(=O)Cn1nnnc1CN(CCc1ccccc1)Cc1cc2cccc(C)c2[nH]c1=O. The molecule has 0 aliphatic rings. The van der Waals surface area contributed by atoms with Crippen molar-refractivity contribution < 1.29 is 9.53 Å². The Kier molecular flexibility index (Phi) is 7.44. The number of tetrazole rings is 1. The third-order valence-corrected chi connectivity index (χ3v) is 5.67. The summed E-state index contributed by atoms with van der Waals surface area (Å²) in [7, 11) is 0. The Bertz CT molecular complexity index is 1320. The minimum absolute atomic E-state index is 0.0570. The molecule has 0 atom stereocenters. The van der Waals surface area contributed by atoms with Crippen LogP contribution in [0.2, 0.25) is 0 Å². The number of nitrogens with one attached hydrogen (secondary N) is 1. The molecule has 1 N–H and O–H groups in total. The van der Waals surface area contributed by atoms with Gasteiger partial charge in [0.1, 0.15) is 6.54 Å². The number of carbonyl (C=O) groups is 1. The van der Waals surface area contributed by atoms with Crippen molar-refractivity contribution in [3.8, 4) is 0 Å². The molecule has 9 heteroatoms. The average Bonchev–Trinajstić information content (AvgIpc) is 3.25. The van der Waals surface area contributed by atoms with E-state index in [-0.39, 0.29) is 12.1 Å². The number of aromatic amines is 1. The van der Waals surface area contributed by atoms with E-state index in [4.69, 9.17) is 4.74 Å². The number of para-hydroxylation sites is 1. The molecule has 0 unspecified atom stereocenters. The number of hydrogen-bond acceptors (Lipinski definition) is 7. The monoisotopic (exact) mass is 460 g/mol. The Hall–Kier alpha value is -3.85. The van der Waals surface area contributed by atoms with E-state index in [1.807, 2.05) is 49.4 Å². The van der Waals surface area contributed by atoms with E-state index in [1.165, 1.54) is 10.2 Å². The lowest BCUT2D eigenvalue weighted by Gasteiger charge is -2.22. The number of fused-ring (bicyclic) bond motifs is 1. The molecule has 0 saturated heterocycles. The second-order valence-electron chi connectivity index (χ2n) is 8.17. The second kappa shape index (κ2) is 10.8. The standard InChI is InChI=1S/C25H28N6O3/c1-3-34-23(32)17-31-22(27-28-29-31)16-30(13-12-19-9-5-4-6-10-19)15-21-14-20-11-7-8-18(2)24(20)26-25(21)33/h4-11,14H,3,12-13,15-17H2,1-2H3,(H,26,33). The number of esters is 1. The quantitative estimate of drug-likeness (QED) is 0.363. The van der Waals surface area contributed by atoms with Gasteiger partial charge in [0.25, 0.3) is 5.56 Å². The van der Waals surface area contributed by atoms with Gasteiger partial charge in [-0.05, 0) is 53.3 Å². The smallest absolute Gasteiger partial charge is 0.327 e. The van der Waals surface area contributed by atoms with Crippen molar-refractivity contribution in [2.75, 3.05) is 13.2 Å². The van der Waals surface area contributed by atoms with Gasteiger partial charge < -0.3 is 9.72 Å². The van der Waals surface area contributed by atoms with Crippen molar-refractivity contribution in [2.45, 2.75) is 39.9 Å². The van der Waals surface area contributed by atoms with E-state index < -0.39 is 5.97 Å². The van der Waals surface area contributed by atoms with Gasteiger partial charge in [0.15, 0.2) is 5.82 Å². The van der Waals surface area contributed by atoms with Gasteiger partial charge in [0.2, 0.25) is 0 Å². The Morgan fingerprint density at radius 2 is 1.94 bits per heavy atom. The number of pyridine rings is 1. The van der Waals surface area contributed by atoms with Gasteiger partial charge in [-0.15, -0.1) is 5.10 Å². The molecule has 0 radical (unpaired) electrons. The van der Waals surface area contributed by atoms with Gasteiger partial charge >= 0.3 is 5.97 Å². The summed E-state index contributed by atoms with van der Waals surface area (Å²) in [5, 5.41) is 12.8. The Morgan fingerprint density at radius 3 is 2.74 bits per heavy atom. The first-order valence-corrected chi connectivity index (χ1v) is 11.3. The van der Waals surface area contributed by atoms with E-state index in [0.717, 1.165) is 22.9 Å². The van der Waals surface area contributed by atoms with Gasteiger partial charge in [0.05, 0.1) is 18.7 Å². The van der Waals surface area contributed by atoms with Crippen LogP contribution in [0.4, 0.5) is 0 Å². The maximum Gasteiger partial charge on any atom is 0.327 e. The van der Waals surface area contributed by atoms with Crippen molar-refractivity contribution in [3.05, 3.63) is 87.5 Å². The lowest BCUT2D eigenvalue weighted by Crippen LogP contribution is -2.30. The summed E-state index contributed by atoms with van der Waals surface area (Å²) < 4.78 is 6.47. The number of ether oxygens (including phenoxy) is 1. The third kappa shape index (κ3) is 5.74. The van der Waals surface area contributed by atoms with Crippen LogP contribution in [0.25, 0.3) is 10.9 Å². The highest BCUT2D eigenvalue weighted by atomic mass is 16.5. The molecule has 2 heterocycles. The summed E-state index contributed by atoms with van der Waals surface area (Å²) in [6.45, 7) is 5.45. The largest absolute Gasteiger partial charge is 0.465 e. The number of aromatic nitrogens is 5. The van der Waals surface area contributed by atoms with Crippen LogP contribution in [0.5, 0.6) is 0 Å². The van der Waals surface area contributed by atoms with Crippen molar-refractivity contribution in [1.82, 2.24) is 30.1 Å². The Labute approximate surface area is 197 Å². The highest BCUT2D eigenvalue weighted by molar-refractivity contribution is 5.81. The molecule has 0 amide bonds. The molecular formula is C25H28N6O3. The minimum Gasteiger partial charge on any atom is -0.465 e. The maximum atomic E-state index is 12.9. The first-order valence-electron chi connectivity index (χ1n) is 11.3. The zero-order chi connectivity index (χ0) is 23.9. The topological polar surface area (TPSA) is 106 Å². The number of hydrogen-bond donors (Lipinski definition) is 1. The summed E-state index contributed by atoms with van der Waals surface area (Å²) in [4.78, 5) is 30.0. The van der Waals surface area contributed by atoms with Crippen molar-refractivity contribution in [3.63, 3.8) is 0 Å². The predicted octanol–water partition coefficient (Wildman–Crippen LogP) is 2.63. The van der Waals surface area contributed by atoms with Crippen LogP contribution in [0, 0.1) is 6.92 Å². The number of rotatable bonds is 10. The fourth-order valence-electron chi connectivity index (χ4n) is 3.92. The van der Waals surface area contributed by atoms with E-state index in [9.17, 15) is 9.59 Å². The van der Waals surface area contributed by atoms with Crippen LogP contribution in [0.1, 0.15) is 29.4 Å². The molecule has 0 bridgehead atoms. The molecule has 34 heavy (non-hydrogen) atoms. The van der Waals surface area contributed by atoms with Gasteiger partial charge in [-0.25, -0.2) is 4.68 Å². The molecule has 0 fully saturated rings. The summed E-state index contributed by atoms with van der Waals surface area (Å²) >= 11 is 0. The highest BCUT2D eigenvalue weighted by Crippen LogP contribution is 2.16. The number of aryl methyl sites for hydroxylation is 1. The predicted molar refractivity (Wildman–Crippen MR) is 128 cm³/mol. The molecule has 0 spiro atoms. The van der Waals surface area contributed by atoms with E-state index in [0.29, 0.717) is 37.6 Å². The summed E-state index contributed by atoms with van der Waals surface area (Å²) in [6, 6.07) is 18.1.